The van der Waals surface area contributed by atoms with E-state index in [0.717, 1.165) is 48.1 Å². The third-order valence-electron chi connectivity index (χ3n) is 5.31. The zero-order valence-electron chi connectivity index (χ0n) is 17.2. The second-order valence-corrected chi connectivity index (χ2v) is 9.21. The molecule has 168 valence electrons. The summed E-state index contributed by atoms with van der Waals surface area (Å²) in [6, 6.07) is 13.7. The Hall–Kier alpha value is -1.41. The quantitative estimate of drug-likeness (QED) is 0.581. The number of likely N-dealkylation sites (N-methyl/N-ethyl adjacent to an activating group) is 1. The highest BCUT2D eigenvalue weighted by Crippen LogP contribution is 2.34. The van der Waals surface area contributed by atoms with E-state index in [2.05, 4.69) is 35.0 Å². The van der Waals surface area contributed by atoms with Crippen LogP contribution < -0.4 is 9.80 Å². The van der Waals surface area contributed by atoms with Crippen LogP contribution in [0.1, 0.15) is 5.56 Å². The number of amides is 1. The fraction of sp³-hybridized carbons (Fsp3) is 0.318. The molecule has 0 spiro atoms. The van der Waals surface area contributed by atoms with E-state index >= 15 is 0 Å². The molecule has 0 radical (unpaired) electrons. The zero-order valence-corrected chi connectivity index (χ0v) is 20.3. The molecule has 2 N–H and O–H groups in total. The Morgan fingerprint density at radius 3 is 2.39 bits per heavy atom. The second-order valence-electron chi connectivity index (χ2n) is 7.26. The van der Waals surface area contributed by atoms with Crippen molar-refractivity contribution in [3.05, 3.63) is 63.0 Å². The minimum Gasteiger partial charge on any atom is -0.412 e. The molecule has 2 aliphatic rings. The molecule has 2 aliphatic heterocycles. The molecule has 0 bridgehead atoms. The summed E-state index contributed by atoms with van der Waals surface area (Å²) in [5.41, 5.74) is 3.06. The summed E-state index contributed by atoms with van der Waals surface area (Å²) in [6.45, 7) is 4.73. The molecule has 2 aromatic carbocycles. The number of para-hydroxylation sites is 1. The summed E-state index contributed by atoms with van der Waals surface area (Å²) in [4.78, 5) is 20.5. The van der Waals surface area contributed by atoms with Crippen LogP contribution in [0.4, 0.5) is 11.4 Å². The smallest absolute Gasteiger partial charge is 0.264 e. The van der Waals surface area contributed by atoms with Crippen LogP contribution in [0.25, 0.3) is 6.08 Å². The van der Waals surface area contributed by atoms with Gasteiger partial charge in [-0.2, -0.15) is 0 Å². The maximum absolute atomic E-state index is 13.2. The molecule has 5 nitrogen and oxygen atoms in total. The fourth-order valence-electron chi connectivity index (χ4n) is 3.63. The minimum absolute atomic E-state index is 0. The molecule has 4 rings (SSSR count). The maximum Gasteiger partial charge on any atom is 0.264 e. The molecule has 0 saturated carbocycles. The van der Waals surface area contributed by atoms with Gasteiger partial charge in [-0.3, -0.25) is 4.79 Å². The molecule has 0 aromatic heterocycles. The Morgan fingerprint density at radius 1 is 0.968 bits per heavy atom. The van der Waals surface area contributed by atoms with Gasteiger partial charge in [0.25, 0.3) is 5.91 Å². The van der Waals surface area contributed by atoms with Crippen molar-refractivity contribution in [2.24, 2.45) is 0 Å². The lowest BCUT2D eigenvalue weighted by molar-refractivity contribution is -0.114. The number of benzene rings is 2. The number of thioether (sulfide) groups is 1. The van der Waals surface area contributed by atoms with Gasteiger partial charge in [0.2, 0.25) is 0 Å². The van der Waals surface area contributed by atoms with Crippen LogP contribution in [0.15, 0.2) is 47.4 Å². The van der Waals surface area contributed by atoms with E-state index in [1.54, 1.807) is 28.8 Å². The molecule has 1 amide bonds. The van der Waals surface area contributed by atoms with E-state index in [1.807, 2.05) is 18.2 Å². The standard InChI is InChI=1S/C22H23Cl2N3OS.ClH.H2O/c1-25-8-10-26(11-9-25)20-5-3-2-4-16(20)14-21-22(28)27(12-13-29-21)17-6-7-18(23)19(24)15-17;;/h2-7,14-15H,8-13H2,1H3;1H;1H2/b21-14+;;. The Balaban J connectivity index is 0.00000171. The molecular formula is C22H26Cl3N3O2S. The van der Waals surface area contributed by atoms with Crippen molar-refractivity contribution in [2.45, 2.75) is 0 Å². The normalized spacial score (nSPS) is 18.5. The van der Waals surface area contributed by atoms with Gasteiger partial charge in [-0.05, 0) is 43.0 Å². The van der Waals surface area contributed by atoms with Crippen molar-refractivity contribution in [1.29, 1.82) is 0 Å². The van der Waals surface area contributed by atoms with E-state index < -0.39 is 0 Å². The Bertz CT molecular complexity index is 949. The van der Waals surface area contributed by atoms with E-state index in [4.69, 9.17) is 23.2 Å². The Morgan fingerprint density at radius 2 is 1.68 bits per heavy atom. The van der Waals surface area contributed by atoms with Crippen LogP contribution in [-0.4, -0.2) is 61.8 Å². The number of anilines is 2. The average molecular weight is 503 g/mol. The van der Waals surface area contributed by atoms with Gasteiger partial charge in [-0.1, -0.05) is 41.4 Å². The Kier molecular flexibility index (Phi) is 9.55. The number of hydrogen-bond acceptors (Lipinski definition) is 4. The van der Waals surface area contributed by atoms with Gasteiger partial charge >= 0.3 is 0 Å². The molecule has 0 unspecified atom stereocenters. The molecule has 2 fully saturated rings. The zero-order chi connectivity index (χ0) is 20.4. The van der Waals surface area contributed by atoms with Crippen molar-refractivity contribution >= 4 is 70.7 Å². The van der Waals surface area contributed by atoms with Gasteiger partial charge in [-0.15, -0.1) is 24.2 Å². The monoisotopic (exact) mass is 501 g/mol. The lowest BCUT2D eigenvalue weighted by Gasteiger charge is -2.35. The molecule has 9 heteroatoms. The average Bonchev–Trinajstić information content (AvgIpc) is 2.73. The highest BCUT2D eigenvalue weighted by molar-refractivity contribution is 8.04. The lowest BCUT2D eigenvalue weighted by Crippen LogP contribution is -2.44. The predicted molar refractivity (Wildman–Crippen MR) is 136 cm³/mol. The third kappa shape index (κ3) is 5.89. The number of piperazine rings is 1. The summed E-state index contributed by atoms with van der Waals surface area (Å²) in [7, 11) is 2.15. The first-order valence-corrected chi connectivity index (χ1v) is 11.4. The largest absolute Gasteiger partial charge is 0.412 e. The van der Waals surface area contributed by atoms with Crippen LogP contribution >= 0.6 is 47.4 Å². The molecule has 0 atom stereocenters. The van der Waals surface area contributed by atoms with E-state index in [1.165, 1.54) is 5.69 Å². The highest BCUT2D eigenvalue weighted by atomic mass is 35.5. The van der Waals surface area contributed by atoms with Gasteiger partial charge in [-0.25, -0.2) is 0 Å². The number of nitrogens with zero attached hydrogens (tertiary/aromatic N) is 3. The van der Waals surface area contributed by atoms with Crippen molar-refractivity contribution in [2.75, 3.05) is 55.3 Å². The first-order valence-electron chi connectivity index (χ1n) is 9.67. The second kappa shape index (κ2) is 11.5. The van der Waals surface area contributed by atoms with Gasteiger partial charge in [0, 0.05) is 49.9 Å². The molecular weight excluding hydrogens is 477 g/mol. The summed E-state index contributed by atoms with van der Waals surface area (Å²) >= 11 is 13.8. The third-order valence-corrected chi connectivity index (χ3v) is 7.04. The SMILES string of the molecule is CN1CCN(c2ccccc2/C=C2/SCCN(c3ccc(Cl)c(Cl)c3)C2=O)CC1.Cl.O. The number of carbonyl (C=O) groups excluding carboxylic acids is 1. The minimum atomic E-state index is 0. The van der Waals surface area contributed by atoms with E-state index in [9.17, 15) is 4.79 Å². The van der Waals surface area contributed by atoms with Gasteiger partial charge in [0.1, 0.15) is 0 Å². The first-order chi connectivity index (χ1) is 14.0. The Labute approximate surface area is 203 Å². The lowest BCUT2D eigenvalue weighted by atomic mass is 10.1. The van der Waals surface area contributed by atoms with Crippen molar-refractivity contribution in [3.63, 3.8) is 0 Å². The van der Waals surface area contributed by atoms with Crippen LogP contribution in [0.2, 0.25) is 10.0 Å². The predicted octanol–water partition coefficient (Wildman–Crippen LogP) is 4.46. The highest BCUT2D eigenvalue weighted by Gasteiger charge is 2.26. The summed E-state index contributed by atoms with van der Waals surface area (Å²) < 4.78 is 0. The molecule has 2 saturated heterocycles. The van der Waals surface area contributed by atoms with Gasteiger partial charge < -0.3 is 20.2 Å². The van der Waals surface area contributed by atoms with Crippen LogP contribution in [0.5, 0.6) is 0 Å². The number of hydrogen-bond donors (Lipinski definition) is 0. The summed E-state index contributed by atoms with van der Waals surface area (Å²) in [5, 5.41) is 0.951. The molecule has 31 heavy (non-hydrogen) atoms. The van der Waals surface area contributed by atoms with E-state index in [-0.39, 0.29) is 23.8 Å². The number of carbonyl (C=O) groups is 1. The summed E-state index contributed by atoms with van der Waals surface area (Å²) in [5.74, 6) is 0.849. The van der Waals surface area contributed by atoms with Crippen LogP contribution in [-0.2, 0) is 4.79 Å². The van der Waals surface area contributed by atoms with Crippen molar-refractivity contribution < 1.29 is 10.3 Å². The van der Waals surface area contributed by atoms with E-state index in [0.29, 0.717) is 16.6 Å². The molecule has 0 aliphatic carbocycles. The maximum atomic E-state index is 13.2. The molecule has 2 heterocycles. The van der Waals surface area contributed by atoms with Gasteiger partial charge in [0.15, 0.2) is 0 Å². The molecule has 2 aromatic rings. The van der Waals surface area contributed by atoms with Gasteiger partial charge in [0.05, 0.1) is 15.0 Å². The topological polar surface area (TPSA) is 58.3 Å². The van der Waals surface area contributed by atoms with Crippen LogP contribution in [0, 0.1) is 0 Å². The van der Waals surface area contributed by atoms with Crippen molar-refractivity contribution in [1.82, 2.24) is 4.90 Å². The van der Waals surface area contributed by atoms with Crippen molar-refractivity contribution in [3.8, 4) is 0 Å². The number of halogens is 3. The fourth-order valence-corrected chi connectivity index (χ4v) is 4.86. The summed E-state index contributed by atoms with van der Waals surface area (Å²) in [6.07, 6.45) is 2.03. The number of rotatable bonds is 3. The first kappa shape index (κ1) is 25.8. The van der Waals surface area contributed by atoms with Crippen LogP contribution in [0.3, 0.4) is 0 Å².